The number of piperazine rings is 1. The fraction of sp³-hybridized carbons (Fsp3) is 0.233. The Bertz CT molecular complexity index is 1950. The summed E-state index contributed by atoms with van der Waals surface area (Å²) in [5.74, 6) is 1.02. The molecule has 1 saturated heterocycles. The van der Waals surface area contributed by atoms with Crippen molar-refractivity contribution in [3.05, 3.63) is 88.5 Å². The van der Waals surface area contributed by atoms with Crippen molar-refractivity contribution in [1.29, 1.82) is 0 Å². The monoisotopic (exact) mass is 531 g/mol. The topological polar surface area (TPSA) is 96.5 Å². The summed E-state index contributed by atoms with van der Waals surface area (Å²) in [6, 6.07) is 18.0. The van der Waals surface area contributed by atoms with Crippen LogP contribution in [0.5, 0.6) is 0 Å². The van der Waals surface area contributed by atoms with Crippen LogP contribution in [0, 0.1) is 13.8 Å². The fourth-order valence-electron chi connectivity index (χ4n) is 5.42. The number of aryl methyl sites for hydroxylation is 2. The Morgan fingerprint density at radius 1 is 0.850 bits per heavy atom. The van der Waals surface area contributed by atoms with Crippen molar-refractivity contribution in [2.75, 3.05) is 43.4 Å². The van der Waals surface area contributed by atoms with Gasteiger partial charge in [0.2, 0.25) is 5.95 Å². The van der Waals surface area contributed by atoms with Crippen LogP contribution in [0.2, 0.25) is 0 Å². The molecule has 1 N–H and O–H groups in total. The van der Waals surface area contributed by atoms with Gasteiger partial charge in [0.05, 0.1) is 5.52 Å². The highest BCUT2D eigenvalue weighted by molar-refractivity contribution is 5.95. The molecule has 0 atom stereocenters. The van der Waals surface area contributed by atoms with Crippen molar-refractivity contribution < 1.29 is 0 Å². The number of hydrogen-bond donors (Lipinski definition) is 1. The fourth-order valence-corrected chi connectivity index (χ4v) is 5.42. The lowest BCUT2D eigenvalue weighted by Gasteiger charge is -2.35. The van der Waals surface area contributed by atoms with E-state index in [1.807, 2.05) is 49.4 Å². The van der Waals surface area contributed by atoms with Gasteiger partial charge in [-0.15, -0.1) is 0 Å². The normalized spacial score (nSPS) is 14.4. The second-order valence-corrected chi connectivity index (χ2v) is 10.4. The molecule has 0 bridgehead atoms. The molecular formula is C30H29N9O. The van der Waals surface area contributed by atoms with E-state index in [1.165, 1.54) is 11.3 Å². The molecule has 0 saturated carbocycles. The molecular weight excluding hydrogens is 502 g/mol. The Morgan fingerprint density at radius 2 is 1.68 bits per heavy atom. The van der Waals surface area contributed by atoms with Crippen LogP contribution >= 0.6 is 0 Å². The van der Waals surface area contributed by atoms with Crippen LogP contribution in [0.25, 0.3) is 33.4 Å². The number of rotatable bonds is 4. The first-order valence-electron chi connectivity index (χ1n) is 13.4. The van der Waals surface area contributed by atoms with Crippen LogP contribution < -0.4 is 15.8 Å². The summed E-state index contributed by atoms with van der Waals surface area (Å²) in [6.45, 7) is 8.26. The average molecular weight is 532 g/mol. The minimum absolute atomic E-state index is 0.252. The van der Waals surface area contributed by atoms with Gasteiger partial charge in [-0.25, -0.2) is 19.6 Å². The minimum atomic E-state index is -0.252. The molecule has 40 heavy (non-hydrogen) atoms. The molecule has 5 heterocycles. The zero-order chi connectivity index (χ0) is 27.4. The molecule has 0 spiro atoms. The summed E-state index contributed by atoms with van der Waals surface area (Å²) >= 11 is 0. The lowest BCUT2D eigenvalue weighted by Crippen LogP contribution is -2.44. The second-order valence-electron chi connectivity index (χ2n) is 10.4. The highest BCUT2D eigenvalue weighted by atomic mass is 16.1. The van der Waals surface area contributed by atoms with Crippen LogP contribution in [0.1, 0.15) is 11.1 Å². The maximum absolute atomic E-state index is 13.8. The van der Waals surface area contributed by atoms with Gasteiger partial charge >= 0.3 is 0 Å². The number of anilines is 3. The summed E-state index contributed by atoms with van der Waals surface area (Å²) in [6.07, 6.45) is 3.33. The van der Waals surface area contributed by atoms with Gasteiger partial charge in [0.1, 0.15) is 5.39 Å². The maximum atomic E-state index is 13.8. The van der Waals surface area contributed by atoms with Gasteiger partial charge in [0.15, 0.2) is 17.1 Å². The van der Waals surface area contributed by atoms with E-state index in [0.717, 1.165) is 48.3 Å². The third-order valence-corrected chi connectivity index (χ3v) is 7.59. The molecule has 4 aromatic heterocycles. The van der Waals surface area contributed by atoms with Crippen LogP contribution in [0.4, 0.5) is 17.3 Å². The summed E-state index contributed by atoms with van der Waals surface area (Å²) in [5, 5.41) is 4.48. The smallest absolute Gasteiger partial charge is 0.284 e. The van der Waals surface area contributed by atoms with E-state index in [0.29, 0.717) is 28.4 Å². The minimum Gasteiger partial charge on any atom is -0.369 e. The molecule has 10 heteroatoms. The Morgan fingerprint density at radius 3 is 2.45 bits per heavy atom. The van der Waals surface area contributed by atoms with Crippen molar-refractivity contribution in [3.63, 3.8) is 0 Å². The Hall–Kier alpha value is -4.83. The first kappa shape index (κ1) is 24.2. The number of fused-ring (bicyclic) bond motifs is 4. The van der Waals surface area contributed by atoms with Gasteiger partial charge in [-0.05, 0) is 68.4 Å². The number of pyridine rings is 1. The Balaban J connectivity index is 1.29. The number of aromatic nitrogens is 6. The van der Waals surface area contributed by atoms with Crippen molar-refractivity contribution in [2.24, 2.45) is 0 Å². The summed E-state index contributed by atoms with van der Waals surface area (Å²) < 4.78 is 3.36. The molecule has 1 fully saturated rings. The molecule has 0 aliphatic carbocycles. The van der Waals surface area contributed by atoms with E-state index in [2.05, 4.69) is 56.2 Å². The van der Waals surface area contributed by atoms with Crippen molar-refractivity contribution in [2.45, 2.75) is 13.8 Å². The van der Waals surface area contributed by atoms with Gasteiger partial charge in [-0.1, -0.05) is 18.2 Å². The number of benzene rings is 2. The molecule has 0 unspecified atom stereocenters. The highest BCUT2D eigenvalue weighted by Crippen LogP contribution is 2.27. The van der Waals surface area contributed by atoms with Gasteiger partial charge in [-0.3, -0.25) is 4.79 Å². The zero-order valence-electron chi connectivity index (χ0n) is 22.7. The molecule has 6 aromatic rings. The number of likely N-dealkylation sites (N-methyl/N-ethyl adjacent to an activating group) is 1. The average Bonchev–Trinajstić information content (AvgIpc) is 3.29. The highest BCUT2D eigenvalue weighted by Gasteiger charge is 2.19. The lowest BCUT2D eigenvalue weighted by atomic mass is 10.1. The van der Waals surface area contributed by atoms with Crippen LogP contribution in [-0.2, 0) is 0 Å². The molecule has 2 aromatic carbocycles. The Labute approximate surface area is 230 Å². The van der Waals surface area contributed by atoms with Gasteiger partial charge in [-0.2, -0.15) is 9.50 Å². The van der Waals surface area contributed by atoms with E-state index in [9.17, 15) is 4.79 Å². The van der Waals surface area contributed by atoms with Gasteiger partial charge in [0.25, 0.3) is 5.56 Å². The van der Waals surface area contributed by atoms with Gasteiger partial charge in [0, 0.05) is 55.3 Å². The predicted octanol–water partition coefficient (Wildman–Crippen LogP) is 4.09. The molecule has 7 rings (SSSR count). The molecule has 200 valence electrons. The maximum Gasteiger partial charge on any atom is 0.284 e. The number of nitrogens with zero attached hydrogens (tertiary/aromatic N) is 8. The van der Waals surface area contributed by atoms with E-state index in [-0.39, 0.29) is 5.56 Å². The molecule has 0 radical (unpaired) electrons. The van der Waals surface area contributed by atoms with Crippen molar-refractivity contribution >= 4 is 44.9 Å². The van der Waals surface area contributed by atoms with E-state index in [4.69, 9.17) is 4.98 Å². The largest absolute Gasteiger partial charge is 0.369 e. The Kier molecular flexibility index (Phi) is 5.71. The van der Waals surface area contributed by atoms with E-state index < -0.39 is 0 Å². The van der Waals surface area contributed by atoms with Crippen molar-refractivity contribution in [3.8, 4) is 5.82 Å². The number of para-hydroxylation sites is 1. The molecule has 1 aliphatic rings. The first-order valence-corrected chi connectivity index (χ1v) is 13.4. The van der Waals surface area contributed by atoms with E-state index >= 15 is 0 Å². The van der Waals surface area contributed by atoms with Crippen LogP contribution in [0.15, 0.2) is 71.8 Å². The third kappa shape index (κ3) is 4.04. The third-order valence-electron chi connectivity index (χ3n) is 7.59. The quantitative estimate of drug-likeness (QED) is 0.364. The number of nitrogens with one attached hydrogen (secondary N) is 1. The van der Waals surface area contributed by atoms with Crippen molar-refractivity contribution in [1.82, 2.24) is 34.0 Å². The predicted molar refractivity (Wildman–Crippen MR) is 158 cm³/mol. The van der Waals surface area contributed by atoms with Crippen LogP contribution in [-0.4, -0.2) is 67.3 Å². The number of hydrogen-bond acceptors (Lipinski definition) is 8. The van der Waals surface area contributed by atoms with Gasteiger partial charge < -0.3 is 15.1 Å². The summed E-state index contributed by atoms with van der Waals surface area (Å²) in [5.41, 5.74) is 5.80. The lowest BCUT2D eigenvalue weighted by molar-refractivity contribution is 0.312. The molecule has 1 aliphatic heterocycles. The SMILES string of the molecule is Cc1ccc(-n2c3ccccc3c3nc4nc(Nc5ccc(N6CCN(C)CC6)c(C)c5)ncc4c(=O)n32)nc1. The summed E-state index contributed by atoms with van der Waals surface area (Å²) in [7, 11) is 2.16. The molecule has 10 nitrogen and oxygen atoms in total. The van der Waals surface area contributed by atoms with Crippen LogP contribution in [0.3, 0.4) is 0 Å². The standard InChI is InChI=1S/C30H29N9O/c1-19-8-11-26(31-17-19)38-25-7-5-4-6-22(25)28-34-27-23(29(40)39(28)38)18-32-30(35-27)33-21-9-10-24(20(2)16-21)37-14-12-36(3)13-15-37/h4-11,16-18H,12-15H2,1-3H3,(H,32,33,35). The first-order chi connectivity index (χ1) is 19.5. The summed E-state index contributed by atoms with van der Waals surface area (Å²) in [4.78, 5) is 37.1. The molecule has 0 amide bonds. The zero-order valence-corrected chi connectivity index (χ0v) is 22.7. The second kappa shape index (κ2) is 9.42. The van der Waals surface area contributed by atoms with E-state index in [1.54, 1.807) is 21.6 Å².